The van der Waals surface area contributed by atoms with Crippen LogP contribution >= 0.6 is 35.3 Å². The minimum absolute atomic E-state index is 0.0564. The van der Waals surface area contributed by atoms with E-state index in [2.05, 4.69) is 5.32 Å². The van der Waals surface area contributed by atoms with Gasteiger partial charge in [-0.15, -0.1) is 11.3 Å². The molecule has 18 heavy (non-hydrogen) atoms. The van der Waals surface area contributed by atoms with E-state index >= 15 is 0 Å². The number of rotatable bonds is 4. The molecule has 1 aliphatic heterocycles. The van der Waals surface area contributed by atoms with Crippen molar-refractivity contribution < 1.29 is 4.79 Å². The summed E-state index contributed by atoms with van der Waals surface area (Å²) in [5.41, 5.74) is 6.90. The number of carbonyl (C=O) groups excluding carboxylic acids is 1. The second kappa shape index (κ2) is 6.04. The summed E-state index contributed by atoms with van der Waals surface area (Å²) in [6.45, 7) is 1.96. The normalized spacial score (nSPS) is 15.8. The average Bonchev–Trinajstić information content (AvgIpc) is 2.79. The Labute approximate surface area is 121 Å². The predicted octanol–water partition coefficient (Wildman–Crippen LogP) is 2.33. The maximum atomic E-state index is 12.1. The van der Waals surface area contributed by atoms with Crippen LogP contribution in [0.1, 0.15) is 33.5 Å². The van der Waals surface area contributed by atoms with E-state index in [9.17, 15) is 4.79 Å². The van der Waals surface area contributed by atoms with E-state index in [0.717, 1.165) is 29.2 Å². The number of thiophene rings is 1. The van der Waals surface area contributed by atoms with Crippen molar-refractivity contribution in [2.45, 2.75) is 31.6 Å². The Morgan fingerprint density at radius 2 is 2.44 bits per heavy atom. The lowest BCUT2D eigenvalue weighted by atomic mass is 10.2. The fourth-order valence-corrected chi connectivity index (χ4v) is 4.36. The Balaban J connectivity index is 2.09. The zero-order valence-electron chi connectivity index (χ0n) is 10.2. The summed E-state index contributed by atoms with van der Waals surface area (Å²) in [5, 5.41) is 2.89. The zero-order chi connectivity index (χ0) is 13.1. The zero-order valence-corrected chi connectivity index (χ0v) is 12.6. The number of hydrogen-bond acceptors (Lipinski definition) is 4. The number of thioether (sulfide) groups is 1. The van der Waals surface area contributed by atoms with Gasteiger partial charge >= 0.3 is 0 Å². The Kier molecular flexibility index (Phi) is 4.64. The van der Waals surface area contributed by atoms with E-state index in [-0.39, 0.29) is 11.9 Å². The second-order valence-corrected chi connectivity index (χ2v) is 6.91. The van der Waals surface area contributed by atoms with E-state index in [1.165, 1.54) is 10.4 Å². The maximum absolute atomic E-state index is 12.1. The van der Waals surface area contributed by atoms with Gasteiger partial charge in [0.05, 0.1) is 15.9 Å². The molecule has 0 aliphatic carbocycles. The smallest absolute Gasteiger partial charge is 0.261 e. The van der Waals surface area contributed by atoms with Crippen molar-refractivity contribution in [3.63, 3.8) is 0 Å². The fourth-order valence-electron chi connectivity index (χ4n) is 1.86. The molecule has 0 saturated heterocycles. The lowest BCUT2D eigenvalue weighted by Gasteiger charge is -2.14. The molecular formula is C12H16N2OS3. The number of amides is 1. The van der Waals surface area contributed by atoms with Gasteiger partial charge in [-0.3, -0.25) is 4.79 Å². The van der Waals surface area contributed by atoms with Gasteiger partial charge in [-0.25, -0.2) is 0 Å². The summed E-state index contributed by atoms with van der Waals surface area (Å²) < 4.78 is 0. The van der Waals surface area contributed by atoms with Crippen LogP contribution in [0.15, 0.2) is 6.07 Å². The standard InChI is InChI=1S/C12H16N2OS3/c1-2-8(11(13)16)14-12(15)10-5-7-6-17-4-3-9(7)18-10/h5,8H,2-4,6H2,1H3,(H2,13,16)(H,14,15). The first-order valence-electron chi connectivity index (χ1n) is 5.91. The van der Waals surface area contributed by atoms with Gasteiger partial charge < -0.3 is 11.1 Å². The lowest BCUT2D eigenvalue weighted by molar-refractivity contribution is 0.0950. The summed E-state index contributed by atoms with van der Waals surface area (Å²) >= 11 is 8.45. The summed E-state index contributed by atoms with van der Waals surface area (Å²) in [4.78, 5) is 14.6. The number of aryl methyl sites for hydroxylation is 1. The van der Waals surface area contributed by atoms with Crippen LogP contribution in [-0.4, -0.2) is 22.7 Å². The van der Waals surface area contributed by atoms with Crippen LogP contribution in [0, 0.1) is 0 Å². The highest BCUT2D eigenvalue weighted by Crippen LogP contribution is 2.31. The van der Waals surface area contributed by atoms with Gasteiger partial charge in [0.25, 0.3) is 5.91 Å². The van der Waals surface area contributed by atoms with Gasteiger partial charge in [0.15, 0.2) is 0 Å². The lowest BCUT2D eigenvalue weighted by Crippen LogP contribution is -2.42. The van der Waals surface area contributed by atoms with Crippen LogP contribution in [0.3, 0.4) is 0 Å². The SMILES string of the molecule is CCC(NC(=O)c1cc2c(s1)CCSC2)C(N)=S. The van der Waals surface area contributed by atoms with E-state index in [4.69, 9.17) is 18.0 Å². The fraction of sp³-hybridized carbons (Fsp3) is 0.500. The van der Waals surface area contributed by atoms with Crippen molar-refractivity contribution in [3.8, 4) is 0 Å². The minimum atomic E-state index is -0.207. The topological polar surface area (TPSA) is 55.1 Å². The third-order valence-electron chi connectivity index (χ3n) is 2.91. The van der Waals surface area contributed by atoms with Crippen molar-refractivity contribution in [2.75, 3.05) is 5.75 Å². The number of nitrogens with two attached hydrogens (primary N) is 1. The third-order valence-corrected chi connectivity index (χ3v) is 5.44. The van der Waals surface area contributed by atoms with Gasteiger partial charge in [-0.2, -0.15) is 11.8 Å². The molecule has 2 rings (SSSR count). The second-order valence-electron chi connectivity index (χ2n) is 4.20. The van der Waals surface area contributed by atoms with Crippen LogP contribution in [0.25, 0.3) is 0 Å². The molecule has 0 spiro atoms. The number of fused-ring (bicyclic) bond motifs is 1. The van der Waals surface area contributed by atoms with E-state index < -0.39 is 0 Å². The van der Waals surface area contributed by atoms with Crippen molar-refractivity contribution in [1.29, 1.82) is 0 Å². The van der Waals surface area contributed by atoms with Crippen molar-refractivity contribution >= 4 is 46.2 Å². The molecule has 6 heteroatoms. The highest BCUT2D eigenvalue weighted by molar-refractivity contribution is 7.98. The van der Waals surface area contributed by atoms with E-state index in [0.29, 0.717) is 4.99 Å². The Morgan fingerprint density at radius 3 is 3.06 bits per heavy atom. The number of carbonyl (C=O) groups is 1. The van der Waals surface area contributed by atoms with E-state index in [1.807, 2.05) is 24.8 Å². The Morgan fingerprint density at radius 1 is 1.67 bits per heavy atom. The van der Waals surface area contributed by atoms with Crippen LogP contribution in [0.4, 0.5) is 0 Å². The largest absolute Gasteiger partial charge is 0.392 e. The highest BCUT2D eigenvalue weighted by Gasteiger charge is 2.19. The first kappa shape index (κ1) is 13.8. The molecule has 0 fully saturated rings. The molecular weight excluding hydrogens is 284 g/mol. The van der Waals surface area contributed by atoms with Gasteiger partial charge in [-0.1, -0.05) is 19.1 Å². The Hall–Kier alpha value is -0.590. The van der Waals surface area contributed by atoms with E-state index in [1.54, 1.807) is 11.3 Å². The van der Waals surface area contributed by atoms with Crippen LogP contribution < -0.4 is 11.1 Å². The monoisotopic (exact) mass is 300 g/mol. The molecule has 3 nitrogen and oxygen atoms in total. The molecule has 0 aromatic carbocycles. The molecule has 1 unspecified atom stereocenters. The van der Waals surface area contributed by atoms with Gasteiger partial charge in [0, 0.05) is 10.6 Å². The van der Waals surface area contributed by atoms with Crippen LogP contribution in [-0.2, 0) is 12.2 Å². The van der Waals surface area contributed by atoms with Gasteiger partial charge in [-0.05, 0) is 30.2 Å². The molecule has 3 N–H and O–H groups in total. The quantitative estimate of drug-likeness (QED) is 0.838. The Bertz CT molecular complexity index is 446. The van der Waals surface area contributed by atoms with Gasteiger partial charge in [0.2, 0.25) is 0 Å². The molecule has 1 atom stereocenters. The average molecular weight is 300 g/mol. The summed E-state index contributed by atoms with van der Waals surface area (Å²) in [6, 6.07) is 1.80. The van der Waals surface area contributed by atoms with Crippen molar-refractivity contribution in [1.82, 2.24) is 5.32 Å². The number of hydrogen-bond donors (Lipinski definition) is 2. The van der Waals surface area contributed by atoms with Crippen LogP contribution in [0.2, 0.25) is 0 Å². The molecule has 1 aliphatic rings. The highest BCUT2D eigenvalue weighted by atomic mass is 32.2. The minimum Gasteiger partial charge on any atom is -0.392 e. The summed E-state index contributed by atoms with van der Waals surface area (Å²) in [6.07, 6.45) is 1.80. The molecule has 1 aromatic heterocycles. The van der Waals surface area contributed by atoms with Crippen LogP contribution in [0.5, 0.6) is 0 Å². The number of nitrogens with one attached hydrogen (secondary N) is 1. The van der Waals surface area contributed by atoms with Gasteiger partial charge in [0.1, 0.15) is 0 Å². The first-order valence-corrected chi connectivity index (χ1v) is 8.29. The summed E-state index contributed by atoms with van der Waals surface area (Å²) in [5.74, 6) is 2.11. The summed E-state index contributed by atoms with van der Waals surface area (Å²) in [7, 11) is 0. The third kappa shape index (κ3) is 3.05. The molecule has 2 heterocycles. The number of thiocarbonyl (C=S) groups is 1. The predicted molar refractivity (Wildman–Crippen MR) is 82.5 cm³/mol. The molecule has 1 amide bonds. The first-order chi connectivity index (χ1) is 8.61. The molecule has 0 saturated carbocycles. The van der Waals surface area contributed by atoms with Crippen molar-refractivity contribution in [2.24, 2.45) is 5.73 Å². The van der Waals surface area contributed by atoms with Crippen molar-refractivity contribution in [3.05, 3.63) is 21.4 Å². The molecule has 0 radical (unpaired) electrons. The maximum Gasteiger partial charge on any atom is 0.261 e. The molecule has 0 bridgehead atoms. The molecule has 98 valence electrons. The molecule has 1 aromatic rings.